The molecule has 3 heterocycles. The lowest BCUT2D eigenvalue weighted by molar-refractivity contribution is 0.0925. The fourth-order valence-electron chi connectivity index (χ4n) is 5.15. The molecular formula is C24H27N3O3. The summed E-state index contributed by atoms with van der Waals surface area (Å²) in [5.74, 6) is -0.0518. The number of benzene rings is 2. The highest BCUT2D eigenvalue weighted by Crippen LogP contribution is 2.42. The van der Waals surface area contributed by atoms with E-state index in [0.29, 0.717) is 28.0 Å². The number of ether oxygens (including phenoxy) is 1. The first-order chi connectivity index (χ1) is 14.6. The lowest BCUT2D eigenvalue weighted by Crippen LogP contribution is -2.45. The van der Waals surface area contributed by atoms with Crippen LogP contribution >= 0.6 is 0 Å². The minimum Gasteiger partial charge on any atom is -0.494 e. The Kier molecular flexibility index (Phi) is 4.74. The van der Waals surface area contributed by atoms with Gasteiger partial charge < -0.3 is 15.0 Å². The van der Waals surface area contributed by atoms with Gasteiger partial charge in [0.15, 0.2) is 0 Å². The number of carbonyl (C=O) groups is 2. The topological polar surface area (TPSA) is 61.9 Å². The molecule has 0 aromatic heterocycles. The van der Waals surface area contributed by atoms with Crippen LogP contribution in [0.25, 0.3) is 0 Å². The van der Waals surface area contributed by atoms with Crippen molar-refractivity contribution in [2.45, 2.75) is 25.7 Å². The lowest BCUT2D eigenvalue weighted by Gasteiger charge is -2.45. The molecule has 2 amide bonds. The molecule has 30 heavy (non-hydrogen) atoms. The number of hydrogen-bond donors (Lipinski definition) is 1. The molecule has 1 N–H and O–H groups in total. The normalized spacial score (nSPS) is 20.6. The quantitative estimate of drug-likeness (QED) is 0.793. The maximum atomic E-state index is 12.9. The van der Waals surface area contributed by atoms with Crippen molar-refractivity contribution in [1.82, 2.24) is 5.32 Å². The number of hydrogen-bond acceptors (Lipinski definition) is 5. The van der Waals surface area contributed by atoms with E-state index < -0.39 is 0 Å². The molecule has 6 nitrogen and oxygen atoms in total. The van der Waals surface area contributed by atoms with Crippen LogP contribution in [-0.4, -0.2) is 45.1 Å². The molecule has 2 saturated heterocycles. The van der Waals surface area contributed by atoms with Gasteiger partial charge in [-0.25, -0.2) is 4.90 Å². The van der Waals surface area contributed by atoms with Gasteiger partial charge in [0, 0.05) is 24.8 Å². The van der Waals surface area contributed by atoms with Gasteiger partial charge in [-0.05, 0) is 68.5 Å². The Labute approximate surface area is 176 Å². The number of rotatable bonds is 3. The summed E-state index contributed by atoms with van der Waals surface area (Å²) >= 11 is 0. The lowest BCUT2D eigenvalue weighted by atomic mass is 9.71. The molecule has 1 spiro atoms. The molecule has 0 aliphatic carbocycles. The predicted molar refractivity (Wildman–Crippen MR) is 117 cm³/mol. The van der Waals surface area contributed by atoms with Gasteiger partial charge in [0.25, 0.3) is 11.8 Å². The van der Waals surface area contributed by atoms with E-state index in [-0.39, 0.29) is 11.8 Å². The van der Waals surface area contributed by atoms with Crippen LogP contribution < -0.4 is 19.9 Å². The molecule has 2 aromatic rings. The van der Waals surface area contributed by atoms with Crippen molar-refractivity contribution >= 4 is 23.2 Å². The summed E-state index contributed by atoms with van der Waals surface area (Å²) in [4.78, 5) is 29.4. The summed E-state index contributed by atoms with van der Waals surface area (Å²) in [6.45, 7) is 4.30. The Hall–Kier alpha value is -2.86. The van der Waals surface area contributed by atoms with Crippen LogP contribution in [-0.2, 0) is 0 Å². The van der Waals surface area contributed by atoms with E-state index in [1.54, 1.807) is 31.4 Å². The zero-order chi connectivity index (χ0) is 20.7. The average Bonchev–Trinajstić information content (AvgIpc) is 3.05. The van der Waals surface area contributed by atoms with Crippen LogP contribution in [0, 0.1) is 5.41 Å². The summed E-state index contributed by atoms with van der Waals surface area (Å²) in [6.07, 6.45) is 4.94. The zero-order valence-corrected chi connectivity index (χ0v) is 17.3. The number of fused-ring (bicyclic) bond motifs is 1. The van der Waals surface area contributed by atoms with Crippen molar-refractivity contribution in [1.29, 1.82) is 0 Å². The zero-order valence-electron chi connectivity index (χ0n) is 17.3. The van der Waals surface area contributed by atoms with Crippen LogP contribution in [0.15, 0.2) is 42.5 Å². The van der Waals surface area contributed by atoms with Gasteiger partial charge in [-0.15, -0.1) is 0 Å². The number of piperidine rings is 2. The molecular weight excluding hydrogens is 378 g/mol. The van der Waals surface area contributed by atoms with E-state index in [1.165, 1.54) is 30.6 Å². The first-order valence-electron chi connectivity index (χ1n) is 10.7. The Bertz CT molecular complexity index is 952. The van der Waals surface area contributed by atoms with Crippen molar-refractivity contribution in [3.8, 4) is 5.75 Å². The molecule has 0 radical (unpaired) electrons. The second-order valence-corrected chi connectivity index (χ2v) is 8.58. The minimum atomic E-state index is -0.299. The van der Waals surface area contributed by atoms with E-state index in [0.717, 1.165) is 31.9 Å². The fourth-order valence-corrected chi connectivity index (χ4v) is 5.15. The maximum absolute atomic E-state index is 12.9. The molecule has 2 aromatic carbocycles. The maximum Gasteiger partial charge on any atom is 0.266 e. The SMILES string of the molecule is COc1cc(N2CCC3(CCNCC3)CC2)ccc1N1C(=O)c2ccccc2C1=O. The average molecular weight is 405 g/mol. The number of imide groups is 1. The van der Waals surface area contributed by atoms with Crippen molar-refractivity contribution < 1.29 is 14.3 Å². The highest BCUT2D eigenvalue weighted by atomic mass is 16.5. The monoisotopic (exact) mass is 405 g/mol. The standard InChI is InChI=1S/C24H27N3O3/c1-30-21-16-17(26-14-10-24(11-15-26)8-12-25-13-9-24)6-7-20(21)27-22(28)18-4-2-3-5-19(18)23(27)29/h2-7,16,25H,8-15H2,1H3. The Balaban J connectivity index is 1.38. The number of methoxy groups -OCH3 is 1. The largest absolute Gasteiger partial charge is 0.494 e. The van der Waals surface area contributed by atoms with E-state index in [9.17, 15) is 9.59 Å². The van der Waals surface area contributed by atoms with E-state index in [2.05, 4.69) is 10.2 Å². The summed E-state index contributed by atoms with van der Waals surface area (Å²) < 4.78 is 5.61. The van der Waals surface area contributed by atoms with Gasteiger partial charge in [-0.2, -0.15) is 0 Å². The van der Waals surface area contributed by atoms with Crippen LogP contribution in [0.1, 0.15) is 46.4 Å². The second-order valence-electron chi connectivity index (χ2n) is 8.58. The first kappa shape index (κ1) is 19.1. The van der Waals surface area contributed by atoms with Gasteiger partial charge >= 0.3 is 0 Å². The Morgan fingerprint density at radius 3 is 2.13 bits per heavy atom. The van der Waals surface area contributed by atoms with Crippen LogP contribution in [0.4, 0.5) is 11.4 Å². The molecule has 3 aliphatic rings. The summed E-state index contributed by atoms with van der Waals surface area (Å²) in [7, 11) is 1.58. The van der Waals surface area contributed by atoms with Crippen molar-refractivity contribution in [3.05, 3.63) is 53.6 Å². The van der Waals surface area contributed by atoms with Gasteiger partial charge in [-0.1, -0.05) is 12.1 Å². The van der Waals surface area contributed by atoms with Gasteiger partial charge in [0.2, 0.25) is 0 Å². The van der Waals surface area contributed by atoms with Crippen LogP contribution in [0.3, 0.4) is 0 Å². The van der Waals surface area contributed by atoms with Crippen molar-refractivity contribution in [2.24, 2.45) is 5.41 Å². The minimum absolute atomic E-state index is 0.299. The summed E-state index contributed by atoms with van der Waals surface area (Å²) in [5, 5.41) is 3.47. The first-order valence-corrected chi connectivity index (χ1v) is 10.7. The van der Waals surface area contributed by atoms with Crippen molar-refractivity contribution in [3.63, 3.8) is 0 Å². The number of nitrogens with zero attached hydrogens (tertiary/aromatic N) is 2. The third kappa shape index (κ3) is 3.06. The van der Waals surface area contributed by atoms with Crippen LogP contribution in [0.5, 0.6) is 5.75 Å². The third-order valence-electron chi connectivity index (χ3n) is 7.05. The number of nitrogens with one attached hydrogen (secondary N) is 1. The molecule has 6 heteroatoms. The molecule has 0 saturated carbocycles. The molecule has 3 aliphatic heterocycles. The summed E-state index contributed by atoms with van der Waals surface area (Å²) in [6, 6.07) is 12.7. The molecule has 0 bridgehead atoms. The molecule has 156 valence electrons. The van der Waals surface area contributed by atoms with Crippen LogP contribution in [0.2, 0.25) is 0 Å². The van der Waals surface area contributed by atoms with E-state index >= 15 is 0 Å². The molecule has 0 atom stereocenters. The smallest absolute Gasteiger partial charge is 0.266 e. The molecule has 0 unspecified atom stereocenters. The summed E-state index contributed by atoms with van der Waals surface area (Å²) in [5.41, 5.74) is 2.95. The highest BCUT2D eigenvalue weighted by Gasteiger charge is 2.38. The third-order valence-corrected chi connectivity index (χ3v) is 7.05. The molecule has 2 fully saturated rings. The van der Waals surface area contributed by atoms with E-state index in [1.807, 2.05) is 18.2 Å². The fraction of sp³-hybridized carbons (Fsp3) is 0.417. The molecule has 5 rings (SSSR count). The second kappa shape index (κ2) is 7.43. The van der Waals surface area contributed by atoms with Gasteiger partial charge in [-0.3, -0.25) is 9.59 Å². The Morgan fingerprint density at radius 1 is 0.900 bits per heavy atom. The predicted octanol–water partition coefficient (Wildman–Crippen LogP) is 3.47. The number of amides is 2. The Morgan fingerprint density at radius 2 is 1.53 bits per heavy atom. The number of anilines is 2. The number of carbonyl (C=O) groups excluding carboxylic acids is 2. The van der Waals surface area contributed by atoms with Gasteiger partial charge in [0.1, 0.15) is 5.75 Å². The van der Waals surface area contributed by atoms with E-state index in [4.69, 9.17) is 4.74 Å². The highest BCUT2D eigenvalue weighted by molar-refractivity contribution is 6.34. The van der Waals surface area contributed by atoms with Gasteiger partial charge in [0.05, 0.1) is 23.9 Å². The van der Waals surface area contributed by atoms with Crippen molar-refractivity contribution in [2.75, 3.05) is 43.1 Å².